The molecule has 1 nitrogen and oxygen atoms in total. The van der Waals surface area contributed by atoms with Crippen LogP contribution in [0.5, 0.6) is 0 Å². The molecule has 1 aliphatic rings. The Morgan fingerprint density at radius 2 is 1.91 bits per heavy atom. The summed E-state index contributed by atoms with van der Waals surface area (Å²) in [4.78, 5) is 0. The number of rotatable bonds is 0. The lowest BCUT2D eigenvalue weighted by atomic mass is 10.1. The van der Waals surface area contributed by atoms with Crippen LogP contribution in [0.2, 0.25) is 0 Å². The maximum atomic E-state index is 9.36. The highest BCUT2D eigenvalue weighted by molar-refractivity contribution is 5.37. The molecule has 0 aromatic rings. The maximum Gasteiger partial charge on any atom is 0.114 e. The molecule has 60 valence electrons. The van der Waals surface area contributed by atoms with Gasteiger partial charge in [0, 0.05) is 0 Å². The van der Waals surface area contributed by atoms with E-state index in [-0.39, 0.29) is 0 Å². The highest BCUT2D eigenvalue weighted by atomic mass is 16.3. The first-order valence-corrected chi connectivity index (χ1v) is 3.85. The third kappa shape index (κ3) is 1.73. The van der Waals surface area contributed by atoms with E-state index in [9.17, 15) is 5.11 Å². The van der Waals surface area contributed by atoms with Crippen LogP contribution in [0.15, 0.2) is 34.6 Å². The molecule has 0 aromatic heterocycles. The molecule has 0 fully saturated rings. The van der Waals surface area contributed by atoms with E-state index in [0.29, 0.717) is 5.76 Å². The molecule has 0 spiro atoms. The average Bonchev–Trinajstić information content (AvgIpc) is 2.05. The van der Waals surface area contributed by atoms with Crippen molar-refractivity contribution < 1.29 is 5.11 Å². The van der Waals surface area contributed by atoms with Gasteiger partial charge in [0.05, 0.1) is 0 Å². The minimum absolute atomic E-state index is 0.418. The Labute approximate surface area is 67.7 Å². The second-order valence-electron chi connectivity index (χ2n) is 3.08. The molecule has 1 N–H and O–H groups in total. The van der Waals surface area contributed by atoms with Crippen molar-refractivity contribution in [1.82, 2.24) is 0 Å². The zero-order valence-corrected chi connectivity index (χ0v) is 7.31. The monoisotopic (exact) mass is 150 g/mol. The van der Waals surface area contributed by atoms with Crippen LogP contribution in [0.3, 0.4) is 0 Å². The second kappa shape index (κ2) is 2.95. The normalized spacial score (nSPS) is 19.2. The molecule has 1 rings (SSSR count). The van der Waals surface area contributed by atoms with Gasteiger partial charge in [0.1, 0.15) is 5.76 Å². The topological polar surface area (TPSA) is 20.2 Å². The van der Waals surface area contributed by atoms with Crippen LogP contribution in [-0.2, 0) is 0 Å². The summed E-state index contributed by atoms with van der Waals surface area (Å²) in [5, 5.41) is 9.36. The fourth-order valence-corrected chi connectivity index (χ4v) is 1.09. The molecule has 11 heavy (non-hydrogen) atoms. The Kier molecular flexibility index (Phi) is 2.18. The lowest BCUT2D eigenvalue weighted by molar-refractivity contribution is 0.421. The van der Waals surface area contributed by atoms with Crippen LogP contribution in [0.4, 0.5) is 0 Å². The van der Waals surface area contributed by atoms with Gasteiger partial charge in [-0.1, -0.05) is 17.2 Å². The van der Waals surface area contributed by atoms with Crippen molar-refractivity contribution in [2.24, 2.45) is 0 Å². The number of hydrogen-bond donors (Lipinski definition) is 1. The SMILES string of the molecule is CC1=CC(C)=C(C)CC=C1O. The van der Waals surface area contributed by atoms with Gasteiger partial charge in [0.15, 0.2) is 0 Å². The van der Waals surface area contributed by atoms with Gasteiger partial charge >= 0.3 is 0 Å². The van der Waals surface area contributed by atoms with Crippen LogP contribution >= 0.6 is 0 Å². The summed E-state index contributed by atoms with van der Waals surface area (Å²) in [6.45, 7) is 6.09. The van der Waals surface area contributed by atoms with E-state index in [1.54, 1.807) is 0 Å². The van der Waals surface area contributed by atoms with Gasteiger partial charge in [0.2, 0.25) is 0 Å². The molecule has 0 aromatic carbocycles. The fourth-order valence-electron chi connectivity index (χ4n) is 1.09. The van der Waals surface area contributed by atoms with Crippen LogP contribution in [0, 0.1) is 0 Å². The minimum Gasteiger partial charge on any atom is -0.508 e. The highest BCUT2D eigenvalue weighted by Crippen LogP contribution is 2.20. The first-order valence-electron chi connectivity index (χ1n) is 3.85. The summed E-state index contributed by atoms with van der Waals surface area (Å²) in [7, 11) is 0. The summed E-state index contributed by atoms with van der Waals surface area (Å²) in [5.74, 6) is 0.418. The fraction of sp³-hybridized carbons (Fsp3) is 0.400. The summed E-state index contributed by atoms with van der Waals surface area (Å²) >= 11 is 0. The number of aliphatic hydroxyl groups is 1. The molecular formula is C10H14O. The van der Waals surface area contributed by atoms with Crippen molar-refractivity contribution in [1.29, 1.82) is 0 Å². The Morgan fingerprint density at radius 3 is 2.55 bits per heavy atom. The van der Waals surface area contributed by atoms with Gasteiger partial charge in [-0.25, -0.2) is 0 Å². The van der Waals surface area contributed by atoms with E-state index in [4.69, 9.17) is 0 Å². The maximum absolute atomic E-state index is 9.36. The molecule has 1 heteroatoms. The van der Waals surface area contributed by atoms with E-state index >= 15 is 0 Å². The summed E-state index contributed by atoms with van der Waals surface area (Å²) < 4.78 is 0. The minimum atomic E-state index is 0.418. The van der Waals surface area contributed by atoms with Gasteiger partial charge in [0.25, 0.3) is 0 Å². The van der Waals surface area contributed by atoms with Crippen LogP contribution < -0.4 is 0 Å². The number of hydrogen-bond acceptors (Lipinski definition) is 1. The summed E-state index contributed by atoms with van der Waals surface area (Å²) in [6, 6.07) is 0. The second-order valence-corrected chi connectivity index (χ2v) is 3.08. The van der Waals surface area contributed by atoms with E-state index in [1.807, 2.05) is 19.1 Å². The number of allylic oxidation sites excluding steroid dienone is 5. The lowest BCUT2D eigenvalue weighted by Gasteiger charge is -1.96. The zero-order valence-electron chi connectivity index (χ0n) is 7.31. The van der Waals surface area contributed by atoms with Crippen molar-refractivity contribution in [2.75, 3.05) is 0 Å². The van der Waals surface area contributed by atoms with Crippen molar-refractivity contribution >= 4 is 0 Å². The third-order valence-electron chi connectivity index (χ3n) is 2.11. The summed E-state index contributed by atoms with van der Waals surface area (Å²) in [6.07, 6.45) is 4.75. The quantitative estimate of drug-likeness (QED) is 0.562. The molecular weight excluding hydrogens is 136 g/mol. The molecule has 0 amide bonds. The van der Waals surface area contributed by atoms with Gasteiger partial charge in [-0.2, -0.15) is 0 Å². The van der Waals surface area contributed by atoms with Crippen molar-refractivity contribution in [2.45, 2.75) is 27.2 Å². The van der Waals surface area contributed by atoms with Crippen molar-refractivity contribution in [3.63, 3.8) is 0 Å². The van der Waals surface area contributed by atoms with E-state index in [1.165, 1.54) is 11.1 Å². The average molecular weight is 150 g/mol. The number of aliphatic hydroxyl groups excluding tert-OH is 1. The van der Waals surface area contributed by atoms with Gasteiger partial charge in [-0.05, 0) is 38.8 Å². The highest BCUT2D eigenvalue weighted by Gasteiger charge is 2.03. The van der Waals surface area contributed by atoms with Crippen molar-refractivity contribution in [3.05, 3.63) is 34.6 Å². The van der Waals surface area contributed by atoms with Crippen molar-refractivity contribution in [3.8, 4) is 0 Å². The van der Waals surface area contributed by atoms with Crippen LogP contribution in [-0.4, -0.2) is 5.11 Å². The molecule has 0 saturated heterocycles. The lowest BCUT2D eigenvalue weighted by Crippen LogP contribution is -1.80. The Bertz CT molecular complexity index is 254. The molecule has 0 heterocycles. The Hall–Kier alpha value is -0.980. The van der Waals surface area contributed by atoms with Gasteiger partial charge in [-0.3, -0.25) is 0 Å². The van der Waals surface area contributed by atoms with Crippen LogP contribution in [0.1, 0.15) is 27.2 Å². The summed E-state index contributed by atoms with van der Waals surface area (Å²) in [5.41, 5.74) is 3.55. The largest absolute Gasteiger partial charge is 0.508 e. The molecule has 0 radical (unpaired) electrons. The molecule has 0 bridgehead atoms. The van der Waals surface area contributed by atoms with E-state index in [2.05, 4.69) is 13.8 Å². The van der Waals surface area contributed by atoms with E-state index < -0.39 is 0 Å². The third-order valence-corrected chi connectivity index (χ3v) is 2.11. The first-order chi connectivity index (χ1) is 5.11. The first kappa shape index (κ1) is 8.12. The predicted molar refractivity (Wildman–Crippen MR) is 47.5 cm³/mol. The Balaban J connectivity index is 3.04. The zero-order chi connectivity index (χ0) is 8.43. The molecule has 0 saturated carbocycles. The van der Waals surface area contributed by atoms with Gasteiger partial charge < -0.3 is 5.11 Å². The molecule has 0 unspecified atom stereocenters. The standard InChI is InChI=1S/C10H14O/c1-7-4-5-10(11)9(3)6-8(7)2/h5-6,11H,4H2,1-3H3. The smallest absolute Gasteiger partial charge is 0.114 e. The molecule has 0 atom stereocenters. The molecule has 1 aliphatic carbocycles. The van der Waals surface area contributed by atoms with Crippen LogP contribution in [0.25, 0.3) is 0 Å². The molecule has 0 aliphatic heterocycles. The van der Waals surface area contributed by atoms with E-state index in [0.717, 1.165) is 12.0 Å². The van der Waals surface area contributed by atoms with Gasteiger partial charge in [-0.15, -0.1) is 0 Å². The Morgan fingerprint density at radius 1 is 1.27 bits per heavy atom. The predicted octanol–water partition coefficient (Wildman–Crippen LogP) is 3.11.